The smallest absolute Gasteiger partial charge is 0.0134 e. The average molecular weight is 304 g/mol. The zero-order valence-corrected chi connectivity index (χ0v) is 12.7. The van der Waals surface area contributed by atoms with E-state index < -0.39 is 7.92 Å². The summed E-state index contributed by atoms with van der Waals surface area (Å²) in [5.74, 6) is 0. The Hall–Kier alpha value is -2.17. The summed E-state index contributed by atoms with van der Waals surface area (Å²) in [7, 11) is -0.498. The van der Waals surface area contributed by atoms with Crippen LogP contribution in [0.25, 0.3) is 6.08 Å². The molecule has 0 fully saturated rings. The molecule has 22 heavy (non-hydrogen) atoms. The van der Waals surface area contributed by atoms with Gasteiger partial charge in [0.1, 0.15) is 0 Å². The van der Waals surface area contributed by atoms with E-state index in [9.17, 15) is 0 Å². The largest absolute Gasteiger partial charge is 0.0985 e. The molecule has 0 saturated heterocycles. The monoisotopic (exact) mass is 304 g/mol. The van der Waals surface area contributed by atoms with Crippen LogP contribution in [0.4, 0.5) is 0 Å². The van der Waals surface area contributed by atoms with E-state index in [0.29, 0.717) is 0 Å². The molecule has 1 heteroatoms. The van der Waals surface area contributed by atoms with Crippen molar-refractivity contribution < 1.29 is 0 Å². The molecule has 3 rings (SSSR count). The van der Waals surface area contributed by atoms with Crippen LogP contribution >= 0.6 is 7.92 Å². The first kappa shape index (κ1) is 16.2. The molecule has 0 amide bonds. The normalized spacial score (nSPS) is 10.0. The Bertz CT molecular complexity index is 660. The zero-order chi connectivity index (χ0) is 14.5. The molecule has 110 valence electrons. The van der Waals surface area contributed by atoms with Gasteiger partial charge in [-0.2, -0.15) is 0 Å². The number of benzene rings is 3. The summed E-state index contributed by atoms with van der Waals surface area (Å²) in [5.41, 5.74) is 1.16. The maximum absolute atomic E-state index is 3.83. The fourth-order valence-corrected chi connectivity index (χ4v) is 4.64. The lowest BCUT2D eigenvalue weighted by Crippen LogP contribution is -2.20. The molecule has 0 radical (unpaired) electrons. The molecule has 0 spiro atoms. The first-order valence-electron chi connectivity index (χ1n) is 7.01. The third-order valence-electron chi connectivity index (χ3n) is 3.42. The number of hydrogen-bond donors (Lipinski definition) is 0. The highest BCUT2D eigenvalue weighted by molar-refractivity contribution is 7.79. The molecule has 0 aliphatic heterocycles. The van der Waals surface area contributed by atoms with Gasteiger partial charge in [0.05, 0.1) is 0 Å². The van der Waals surface area contributed by atoms with Gasteiger partial charge in [-0.15, -0.1) is 0 Å². The van der Waals surface area contributed by atoms with Gasteiger partial charge in [-0.05, 0) is 29.4 Å². The van der Waals surface area contributed by atoms with E-state index in [1.165, 1.54) is 15.9 Å². The quantitative estimate of drug-likeness (QED) is 0.612. The van der Waals surface area contributed by atoms with E-state index in [0.717, 1.165) is 5.56 Å². The second-order valence-electron chi connectivity index (χ2n) is 4.80. The van der Waals surface area contributed by atoms with E-state index >= 15 is 0 Å². The molecule has 0 nitrogen and oxygen atoms in total. The highest BCUT2D eigenvalue weighted by Crippen LogP contribution is 2.32. The second-order valence-corrected chi connectivity index (χ2v) is 7.02. The van der Waals surface area contributed by atoms with Crippen LogP contribution in [0.2, 0.25) is 0 Å². The minimum absolute atomic E-state index is 0. The Morgan fingerprint density at radius 3 is 1.41 bits per heavy atom. The standard InChI is InChI=1S/C20H17P.CH4/c1-2-17-13-15-20(16-14-17)21(18-9-5-3-6-10-18)19-11-7-4-8-12-19;/h2-16H,1H2;1H4. The summed E-state index contributed by atoms with van der Waals surface area (Å²) in [4.78, 5) is 0. The molecule has 0 aromatic heterocycles. The summed E-state index contributed by atoms with van der Waals surface area (Å²) in [5, 5.41) is 4.13. The van der Waals surface area contributed by atoms with Crippen molar-refractivity contribution in [2.45, 2.75) is 7.43 Å². The lowest BCUT2D eigenvalue weighted by atomic mass is 10.2. The minimum atomic E-state index is -0.498. The van der Waals surface area contributed by atoms with Crippen LogP contribution in [0.3, 0.4) is 0 Å². The van der Waals surface area contributed by atoms with Crippen molar-refractivity contribution in [2.75, 3.05) is 0 Å². The summed E-state index contributed by atoms with van der Waals surface area (Å²) in [6.07, 6.45) is 1.89. The van der Waals surface area contributed by atoms with Crippen LogP contribution in [0.1, 0.15) is 13.0 Å². The van der Waals surface area contributed by atoms with Gasteiger partial charge in [0.2, 0.25) is 0 Å². The van der Waals surface area contributed by atoms with E-state index in [1.807, 2.05) is 6.08 Å². The Balaban J connectivity index is 0.00000176. The highest BCUT2D eigenvalue weighted by Gasteiger charge is 2.15. The molecule has 3 aromatic rings. The molecule has 0 heterocycles. The van der Waals surface area contributed by atoms with Crippen LogP contribution in [0, 0.1) is 0 Å². The maximum atomic E-state index is 3.83. The first-order valence-corrected chi connectivity index (χ1v) is 8.35. The zero-order valence-electron chi connectivity index (χ0n) is 11.8. The Morgan fingerprint density at radius 2 is 1.00 bits per heavy atom. The van der Waals surface area contributed by atoms with E-state index in [4.69, 9.17) is 0 Å². The Labute approximate surface area is 134 Å². The van der Waals surface area contributed by atoms with Crippen molar-refractivity contribution in [3.63, 3.8) is 0 Å². The predicted octanol–water partition coefficient (Wildman–Crippen LogP) is 4.72. The summed E-state index contributed by atoms with van der Waals surface area (Å²) in [6.45, 7) is 3.83. The van der Waals surface area contributed by atoms with E-state index in [1.54, 1.807) is 0 Å². The highest BCUT2D eigenvalue weighted by atomic mass is 31.1. The van der Waals surface area contributed by atoms with Gasteiger partial charge in [-0.25, -0.2) is 0 Å². The molecule has 0 aliphatic carbocycles. The van der Waals surface area contributed by atoms with Gasteiger partial charge in [-0.3, -0.25) is 0 Å². The van der Waals surface area contributed by atoms with Crippen molar-refractivity contribution in [3.05, 3.63) is 97.1 Å². The summed E-state index contributed by atoms with van der Waals surface area (Å²) < 4.78 is 0. The maximum Gasteiger partial charge on any atom is -0.0134 e. The number of hydrogen-bond acceptors (Lipinski definition) is 0. The molecular weight excluding hydrogens is 283 g/mol. The topological polar surface area (TPSA) is 0 Å². The van der Waals surface area contributed by atoms with Gasteiger partial charge in [0, 0.05) is 0 Å². The first-order chi connectivity index (χ1) is 10.4. The van der Waals surface area contributed by atoms with Gasteiger partial charge in [0.15, 0.2) is 0 Å². The van der Waals surface area contributed by atoms with Crippen LogP contribution in [-0.2, 0) is 0 Å². The molecular formula is C21H21P. The van der Waals surface area contributed by atoms with Crippen molar-refractivity contribution in [1.82, 2.24) is 0 Å². The Morgan fingerprint density at radius 1 is 0.591 bits per heavy atom. The van der Waals surface area contributed by atoms with Crippen LogP contribution < -0.4 is 15.9 Å². The average Bonchev–Trinajstić information content (AvgIpc) is 2.58. The predicted molar refractivity (Wildman–Crippen MR) is 102 cm³/mol. The molecule has 0 bridgehead atoms. The minimum Gasteiger partial charge on any atom is -0.0985 e. The van der Waals surface area contributed by atoms with Gasteiger partial charge < -0.3 is 0 Å². The van der Waals surface area contributed by atoms with E-state index in [-0.39, 0.29) is 7.43 Å². The molecule has 0 atom stereocenters. The molecule has 0 unspecified atom stereocenters. The fraction of sp³-hybridized carbons (Fsp3) is 0.0476. The molecule has 0 aliphatic rings. The SMILES string of the molecule is C.C=Cc1ccc(P(c2ccccc2)c2ccccc2)cc1. The van der Waals surface area contributed by atoms with Crippen molar-refractivity contribution >= 4 is 29.9 Å². The number of rotatable bonds is 4. The van der Waals surface area contributed by atoms with Crippen LogP contribution in [0.15, 0.2) is 91.5 Å². The third-order valence-corrected chi connectivity index (χ3v) is 5.86. The lowest BCUT2D eigenvalue weighted by molar-refractivity contribution is 1.70. The third kappa shape index (κ3) is 3.53. The van der Waals surface area contributed by atoms with Gasteiger partial charge >= 0.3 is 0 Å². The lowest BCUT2D eigenvalue weighted by Gasteiger charge is -2.19. The van der Waals surface area contributed by atoms with Crippen LogP contribution in [-0.4, -0.2) is 0 Å². The van der Waals surface area contributed by atoms with Gasteiger partial charge in [-0.1, -0.05) is 105 Å². The Kier molecular flexibility index (Phi) is 5.69. The van der Waals surface area contributed by atoms with Gasteiger partial charge in [0.25, 0.3) is 0 Å². The van der Waals surface area contributed by atoms with Crippen molar-refractivity contribution in [2.24, 2.45) is 0 Å². The molecule has 3 aromatic carbocycles. The van der Waals surface area contributed by atoms with E-state index in [2.05, 4.69) is 91.5 Å². The molecule has 0 N–H and O–H groups in total. The van der Waals surface area contributed by atoms with Crippen LogP contribution in [0.5, 0.6) is 0 Å². The summed E-state index contributed by atoms with van der Waals surface area (Å²) >= 11 is 0. The fourth-order valence-electron chi connectivity index (χ4n) is 2.36. The summed E-state index contributed by atoms with van der Waals surface area (Å²) in [6, 6.07) is 30.2. The van der Waals surface area contributed by atoms with Crippen molar-refractivity contribution in [1.29, 1.82) is 0 Å². The van der Waals surface area contributed by atoms with Crippen molar-refractivity contribution in [3.8, 4) is 0 Å². The molecule has 0 saturated carbocycles. The second kappa shape index (κ2) is 7.73.